The molecule has 0 amide bonds. The molecule has 0 saturated heterocycles. The summed E-state index contributed by atoms with van der Waals surface area (Å²) in [5.41, 5.74) is 1.72. The van der Waals surface area contributed by atoms with Gasteiger partial charge in [-0.2, -0.15) is 0 Å². The van der Waals surface area contributed by atoms with Gasteiger partial charge < -0.3 is 0 Å². The van der Waals surface area contributed by atoms with Gasteiger partial charge in [0.05, 0.1) is 0 Å². The molecule has 80 valence electrons. The molecule has 1 rings (SSSR count). The summed E-state index contributed by atoms with van der Waals surface area (Å²) in [6.45, 7) is 6.74. The van der Waals surface area contributed by atoms with E-state index in [9.17, 15) is 4.79 Å². The van der Waals surface area contributed by atoms with Crippen LogP contribution in [0.1, 0.15) is 33.6 Å². The number of aldehydes is 1. The van der Waals surface area contributed by atoms with Crippen LogP contribution >= 0.6 is 0 Å². The van der Waals surface area contributed by atoms with E-state index < -0.39 is 0 Å². The van der Waals surface area contributed by atoms with Gasteiger partial charge in [-0.05, 0) is 37.2 Å². The van der Waals surface area contributed by atoms with E-state index in [0.717, 1.165) is 0 Å². The fourth-order valence-electron chi connectivity index (χ4n) is 2.21. The SMILES string of the molecule is CC1=CCCC(C)(C)C1/C=C/C#CC=O. The molecule has 0 aromatic heterocycles. The van der Waals surface area contributed by atoms with Crippen LogP contribution in [-0.2, 0) is 4.79 Å². The van der Waals surface area contributed by atoms with Crippen LogP contribution in [0.15, 0.2) is 23.8 Å². The first-order valence-electron chi connectivity index (χ1n) is 5.36. The molecule has 1 nitrogen and oxygen atoms in total. The summed E-state index contributed by atoms with van der Waals surface area (Å²) < 4.78 is 0. The number of allylic oxidation sites excluding steroid dienone is 4. The zero-order valence-corrected chi connectivity index (χ0v) is 9.71. The van der Waals surface area contributed by atoms with Crippen molar-refractivity contribution in [1.29, 1.82) is 0 Å². The topological polar surface area (TPSA) is 17.1 Å². The zero-order chi connectivity index (χ0) is 11.3. The Labute approximate surface area is 92.3 Å². The highest BCUT2D eigenvalue weighted by Gasteiger charge is 2.30. The fraction of sp³-hybridized carbons (Fsp3) is 0.500. The van der Waals surface area contributed by atoms with Crippen LogP contribution in [-0.4, -0.2) is 6.29 Å². The molecule has 1 unspecified atom stereocenters. The van der Waals surface area contributed by atoms with Gasteiger partial charge in [-0.15, -0.1) is 0 Å². The van der Waals surface area contributed by atoms with Crippen LogP contribution in [0.5, 0.6) is 0 Å². The maximum absolute atomic E-state index is 10.0. The van der Waals surface area contributed by atoms with Crippen LogP contribution in [0.25, 0.3) is 0 Å². The average molecular weight is 202 g/mol. The molecule has 1 aliphatic rings. The van der Waals surface area contributed by atoms with E-state index in [1.54, 1.807) is 6.08 Å². The molecule has 0 aliphatic heterocycles. The summed E-state index contributed by atoms with van der Waals surface area (Å²) in [5, 5.41) is 0. The maximum Gasteiger partial charge on any atom is 0.193 e. The molecule has 15 heavy (non-hydrogen) atoms. The minimum absolute atomic E-state index is 0.304. The minimum atomic E-state index is 0.304. The summed E-state index contributed by atoms with van der Waals surface area (Å²) in [7, 11) is 0. The second-order valence-corrected chi connectivity index (χ2v) is 4.72. The van der Waals surface area contributed by atoms with Crippen molar-refractivity contribution in [1.82, 2.24) is 0 Å². The number of hydrogen-bond acceptors (Lipinski definition) is 1. The highest BCUT2D eigenvalue weighted by Crippen LogP contribution is 2.41. The molecule has 0 saturated carbocycles. The Balaban J connectivity index is 2.81. The number of rotatable bonds is 1. The van der Waals surface area contributed by atoms with E-state index in [-0.39, 0.29) is 0 Å². The fourth-order valence-corrected chi connectivity index (χ4v) is 2.21. The van der Waals surface area contributed by atoms with Gasteiger partial charge in [-0.3, -0.25) is 4.79 Å². The first kappa shape index (κ1) is 11.8. The third-order valence-electron chi connectivity index (χ3n) is 3.10. The van der Waals surface area contributed by atoms with Gasteiger partial charge in [-0.1, -0.05) is 37.5 Å². The van der Waals surface area contributed by atoms with Crippen LogP contribution in [0.2, 0.25) is 0 Å². The molecular weight excluding hydrogens is 184 g/mol. The van der Waals surface area contributed by atoms with Crippen LogP contribution < -0.4 is 0 Å². The Kier molecular flexibility index (Phi) is 3.91. The minimum Gasteiger partial charge on any atom is -0.289 e. The normalized spacial score (nSPS) is 24.2. The van der Waals surface area contributed by atoms with Gasteiger partial charge in [0.2, 0.25) is 0 Å². The van der Waals surface area contributed by atoms with E-state index >= 15 is 0 Å². The van der Waals surface area contributed by atoms with E-state index in [2.05, 4.69) is 44.8 Å². The highest BCUT2D eigenvalue weighted by atomic mass is 16.1. The zero-order valence-electron chi connectivity index (χ0n) is 9.71. The summed E-state index contributed by atoms with van der Waals surface area (Å²) in [4.78, 5) is 10.0. The standard InChI is InChI=1S/C14H18O/c1-12-8-7-10-14(2,3)13(12)9-5-4-6-11-15/h5,8-9,11,13H,7,10H2,1-3H3/b9-5+. The van der Waals surface area contributed by atoms with Crippen molar-refractivity contribution in [2.75, 3.05) is 0 Å². The summed E-state index contributed by atoms with van der Waals surface area (Å²) >= 11 is 0. The lowest BCUT2D eigenvalue weighted by atomic mass is 9.68. The van der Waals surface area contributed by atoms with Crippen molar-refractivity contribution in [2.45, 2.75) is 33.6 Å². The molecule has 0 radical (unpaired) electrons. The predicted octanol–water partition coefficient (Wildman–Crippen LogP) is 3.13. The predicted molar refractivity (Wildman–Crippen MR) is 63.2 cm³/mol. The van der Waals surface area contributed by atoms with Gasteiger partial charge >= 0.3 is 0 Å². The quantitative estimate of drug-likeness (QED) is 0.363. The van der Waals surface area contributed by atoms with Gasteiger partial charge in [0.1, 0.15) is 0 Å². The van der Waals surface area contributed by atoms with E-state index in [0.29, 0.717) is 17.6 Å². The first-order valence-corrected chi connectivity index (χ1v) is 5.36. The first-order chi connectivity index (χ1) is 7.08. The van der Waals surface area contributed by atoms with Gasteiger partial charge in [0.25, 0.3) is 0 Å². The Morgan fingerprint density at radius 2 is 2.20 bits per heavy atom. The molecule has 0 heterocycles. The van der Waals surface area contributed by atoms with Gasteiger partial charge in [0, 0.05) is 5.92 Å². The Morgan fingerprint density at radius 1 is 1.47 bits per heavy atom. The molecular formula is C14H18O. The van der Waals surface area contributed by atoms with Crippen molar-refractivity contribution in [2.24, 2.45) is 11.3 Å². The Morgan fingerprint density at radius 3 is 2.80 bits per heavy atom. The molecule has 0 N–H and O–H groups in total. The van der Waals surface area contributed by atoms with Crippen LogP contribution in [0, 0.1) is 23.2 Å². The summed E-state index contributed by atoms with van der Waals surface area (Å²) in [6.07, 6.45) is 9.21. The van der Waals surface area contributed by atoms with Gasteiger partial charge in [0.15, 0.2) is 6.29 Å². The molecule has 1 aliphatic carbocycles. The monoisotopic (exact) mass is 202 g/mol. The molecule has 1 atom stereocenters. The average Bonchev–Trinajstić information content (AvgIpc) is 2.15. The molecule has 0 fully saturated rings. The van der Waals surface area contributed by atoms with Gasteiger partial charge in [-0.25, -0.2) is 0 Å². The number of carbonyl (C=O) groups is 1. The third-order valence-corrected chi connectivity index (χ3v) is 3.10. The summed E-state index contributed by atoms with van der Waals surface area (Å²) in [6, 6.07) is 0. The van der Waals surface area contributed by atoms with E-state index in [4.69, 9.17) is 0 Å². The molecule has 1 heteroatoms. The smallest absolute Gasteiger partial charge is 0.193 e. The van der Waals surface area contributed by atoms with Crippen molar-refractivity contribution in [3.05, 3.63) is 23.8 Å². The van der Waals surface area contributed by atoms with E-state index in [1.165, 1.54) is 18.4 Å². The molecule has 0 aromatic carbocycles. The molecule has 0 bridgehead atoms. The lowest BCUT2D eigenvalue weighted by Crippen LogP contribution is -2.26. The lowest BCUT2D eigenvalue weighted by molar-refractivity contribution is -0.103. The largest absolute Gasteiger partial charge is 0.289 e. The lowest BCUT2D eigenvalue weighted by Gasteiger charge is -2.36. The maximum atomic E-state index is 10.0. The molecule has 0 spiro atoms. The van der Waals surface area contributed by atoms with Crippen molar-refractivity contribution in [3.63, 3.8) is 0 Å². The van der Waals surface area contributed by atoms with Crippen LogP contribution in [0.4, 0.5) is 0 Å². The van der Waals surface area contributed by atoms with E-state index in [1.807, 2.05) is 0 Å². The van der Waals surface area contributed by atoms with Crippen molar-refractivity contribution >= 4 is 6.29 Å². The highest BCUT2D eigenvalue weighted by molar-refractivity contribution is 5.73. The van der Waals surface area contributed by atoms with Crippen LogP contribution in [0.3, 0.4) is 0 Å². The second-order valence-electron chi connectivity index (χ2n) is 4.72. The molecule has 0 aromatic rings. The Bertz CT molecular complexity index is 347. The number of hydrogen-bond donors (Lipinski definition) is 0. The van der Waals surface area contributed by atoms with Crippen molar-refractivity contribution in [3.8, 4) is 11.8 Å². The second kappa shape index (κ2) is 4.98. The Hall–Kier alpha value is -1.29. The van der Waals surface area contributed by atoms with Crippen molar-refractivity contribution < 1.29 is 4.79 Å². The summed E-state index contributed by atoms with van der Waals surface area (Å²) in [5.74, 6) is 5.56. The number of carbonyl (C=O) groups excluding carboxylic acids is 1. The third kappa shape index (κ3) is 3.09.